The maximum atomic E-state index is 12.8. The summed E-state index contributed by atoms with van der Waals surface area (Å²) in [6.07, 6.45) is 4.00. The molecule has 126 valence electrons. The molecule has 0 fully saturated rings. The number of rotatable bonds is 2. The number of anilines is 1. The number of aryl methyl sites for hydroxylation is 1. The van der Waals surface area contributed by atoms with Gasteiger partial charge in [0, 0.05) is 19.3 Å². The van der Waals surface area contributed by atoms with Crippen LogP contribution in [0.5, 0.6) is 5.75 Å². The summed E-state index contributed by atoms with van der Waals surface area (Å²) in [5.41, 5.74) is 1.93. The maximum Gasteiger partial charge on any atom is 0.260 e. The third-order valence-corrected chi connectivity index (χ3v) is 4.30. The number of fused-ring (bicyclic) bond motifs is 2. The van der Waals surface area contributed by atoms with Gasteiger partial charge in [-0.15, -0.1) is 0 Å². The predicted molar refractivity (Wildman–Crippen MR) is 88.3 cm³/mol. The monoisotopic (exact) mass is 329 g/mol. The third kappa shape index (κ3) is 2.63. The number of phenols is 1. The number of aromatic hydroxyl groups is 1. The predicted octanol–water partition coefficient (Wildman–Crippen LogP) is 0.845. The summed E-state index contributed by atoms with van der Waals surface area (Å²) in [5.74, 6) is -0.587. The Hall–Kier alpha value is -2.80. The summed E-state index contributed by atoms with van der Waals surface area (Å²) in [5, 5.41) is 25.9. The zero-order valence-corrected chi connectivity index (χ0v) is 13.4. The van der Waals surface area contributed by atoms with Crippen molar-refractivity contribution in [3.05, 3.63) is 47.2 Å². The van der Waals surface area contributed by atoms with Gasteiger partial charge in [-0.1, -0.05) is 12.1 Å². The van der Waals surface area contributed by atoms with E-state index < -0.39 is 12.3 Å². The van der Waals surface area contributed by atoms with E-state index in [2.05, 4.69) is 10.6 Å². The molecule has 0 radical (unpaired) electrons. The number of phenolic OH excluding ortho intramolecular Hbond substituents is 1. The van der Waals surface area contributed by atoms with Crippen molar-refractivity contribution < 1.29 is 19.8 Å². The summed E-state index contributed by atoms with van der Waals surface area (Å²) < 4.78 is 0. The van der Waals surface area contributed by atoms with Gasteiger partial charge in [0.1, 0.15) is 12.0 Å². The molecule has 0 aromatic heterocycles. The Balaban J connectivity index is 1.96. The molecule has 24 heavy (non-hydrogen) atoms. The van der Waals surface area contributed by atoms with Gasteiger partial charge in [0.15, 0.2) is 0 Å². The van der Waals surface area contributed by atoms with Crippen molar-refractivity contribution in [2.75, 3.05) is 12.4 Å². The molecule has 4 N–H and O–H groups in total. The van der Waals surface area contributed by atoms with Gasteiger partial charge in [-0.3, -0.25) is 9.59 Å². The second-order valence-electron chi connectivity index (χ2n) is 5.88. The van der Waals surface area contributed by atoms with Crippen LogP contribution in [0.1, 0.15) is 22.3 Å². The summed E-state index contributed by atoms with van der Waals surface area (Å²) in [4.78, 5) is 25.5. The molecule has 2 aliphatic heterocycles. The van der Waals surface area contributed by atoms with Crippen molar-refractivity contribution >= 4 is 17.5 Å². The first-order chi connectivity index (χ1) is 11.4. The Kier molecular flexibility index (Phi) is 4.02. The van der Waals surface area contributed by atoms with E-state index in [0.29, 0.717) is 17.5 Å². The number of allylic oxidation sites excluding steroid dienone is 1. The maximum absolute atomic E-state index is 12.8. The van der Waals surface area contributed by atoms with Crippen molar-refractivity contribution in [3.8, 4) is 5.75 Å². The van der Waals surface area contributed by atoms with Crippen LogP contribution < -0.4 is 10.6 Å². The van der Waals surface area contributed by atoms with Gasteiger partial charge in [-0.2, -0.15) is 0 Å². The fraction of sp³-hybridized carbons (Fsp3) is 0.294. The molecule has 0 aliphatic carbocycles. The van der Waals surface area contributed by atoms with Gasteiger partial charge in [0.2, 0.25) is 5.91 Å². The Bertz CT molecular complexity index is 769. The van der Waals surface area contributed by atoms with E-state index in [4.69, 9.17) is 0 Å². The van der Waals surface area contributed by atoms with Crippen LogP contribution >= 0.6 is 0 Å². The van der Waals surface area contributed by atoms with Crippen LogP contribution in [-0.2, 0) is 4.79 Å². The lowest BCUT2D eigenvalue weighted by atomic mass is 10.1. The number of nitrogens with zero attached hydrogens (tertiary/aromatic N) is 1. The number of amides is 2. The summed E-state index contributed by atoms with van der Waals surface area (Å²) in [7, 11) is 1.53. The highest BCUT2D eigenvalue weighted by Crippen LogP contribution is 2.38. The molecule has 0 saturated heterocycles. The molecule has 2 heterocycles. The SMILES string of the molecule is CNC(=O)C=CC1=CN2C(=O)c3ccc(C)c(O)c3NC(O)C2C1. The normalized spacial score (nSPS) is 22.5. The molecule has 0 saturated carbocycles. The number of hydrogen-bond donors (Lipinski definition) is 4. The molecule has 0 bridgehead atoms. The summed E-state index contributed by atoms with van der Waals surface area (Å²) >= 11 is 0. The van der Waals surface area contributed by atoms with Crippen LogP contribution in [0, 0.1) is 6.92 Å². The van der Waals surface area contributed by atoms with Gasteiger partial charge in [0.25, 0.3) is 5.91 Å². The number of nitrogens with one attached hydrogen (secondary N) is 2. The lowest BCUT2D eigenvalue weighted by Crippen LogP contribution is -2.42. The zero-order valence-electron chi connectivity index (χ0n) is 13.4. The van der Waals surface area contributed by atoms with E-state index in [1.807, 2.05) is 0 Å². The number of aliphatic hydroxyl groups is 1. The minimum absolute atomic E-state index is 0.0372. The van der Waals surface area contributed by atoms with E-state index in [1.54, 1.807) is 31.3 Å². The minimum atomic E-state index is -1.04. The molecule has 7 heteroatoms. The number of carbonyl (C=O) groups excluding carboxylic acids is 2. The Morgan fingerprint density at radius 3 is 2.92 bits per heavy atom. The largest absolute Gasteiger partial charge is 0.505 e. The van der Waals surface area contributed by atoms with E-state index in [-0.39, 0.29) is 23.3 Å². The molecular weight excluding hydrogens is 310 g/mol. The average Bonchev–Trinajstić information content (AvgIpc) is 2.97. The number of aliphatic hydroxyl groups excluding tert-OH is 1. The first kappa shape index (κ1) is 16.1. The smallest absolute Gasteiger partial charge is 0.260 e. The standard InChI is InChI=1S/C17H19N3O4/c1-9-3-5-11-14(15(9)22)19-16(23)12-7-10(4-6-13(21)18-2)8-20(12)17(11)24/h3-6,8,12,16,19,22-23H,7H2,1-2H3,(H,18,21). The highest BCUT2D eigenvalue weighted by molar-refractivity contribution is 6.03. The van der Waals surface area contributed by atoms with Crippen molar-refractivity contribution in [1.29, 1.82) is 0 Å². The van der Waals surface area contributed by atoms with E-state index in [0.717, 1.165) is 5.57 Å². The molecule has 2 unspecified atom stereocenters. The minimum Gasteiger partial charge on any atom is -0.505 e. The second-order valence-corrected chi connectivity index (χ2v) is 5.88. The highest BCUT2D eigenvalue weighted by Gasteiger charge is 2.39. The fourth-order valence-electron chi connectivity index (χ4n) is 2.92. The van der Waals surface area contributed by atoms with E-state index in [9.17, 15) is 19.8 Å². The molecule has 2 atom stereocenters. The lowest BCUT2D eigenvalue weighted by molar-refractivity contribution is -0.116. The summed E-state index contributed by atoms with van der Waals surface area (Å²) in [6, 6.07) is 2.78. The first-order valence-corrected chi connectivity index (χ1v) is 7.62. The second kappa shape index (κ2) is 6.01. The summed E-state index contributed by atoms with van der Waals surface area (Å²) in [6.45, 7) is 1.72. The Labute approximate surface area is 139 Å². The molecule has 0 spiro atoms. The third-order valence-electron chi connectivity index (χ3n) is 4.30. The molecule has 1 aromatic rings. The first-order valence-electron chi connectivity index (χ1n) is 7.62. The van der Waals surface area contributed by atoms with Crippen molar-refractivity contribution in [2.24, 2.45) is 0 Å². The number of likely N-dealkylation sites (N-methyl/N-ethyl adjacent to an activating group) is 1. The molecule has 3 rings (SSSR count). The van der Waals surface area contributed by atoms with Crippen LogP contribution in [0.25, 0.3) is 0 Å². The fourth-order valence-corrected chi connectivity index (χ4v) is 2.92. The van der Waals surface area contributed by atoms with Crippen molar-refractivity contribution in [3.63, 3.8) is 0 Å². The molecule has 2 aliphatic rings. The van der Waals surface area contributed by atoms with Gasteiger partial charge >= 0.3 is 0 Å². The van der Waals surface area contributed by atoms with Crippen LogP contribution in [0.3, 0.4) is 0 Å². The number of hydrogen-bond acceptors (Lipinski definition) is 5. The Morgan fingerprint density at radius 1 is 1.46 bits per heavy atom. The van der Waals surface area contributed by atoms with Crippen molar-refractivity contribution in [2.45, 2.75) is 25.6 Å². The highest BCUT2D eigenvalue weighted by atomic mass is 16.3. The van der Waals surface area contributed by atoms with E-state index in [1.165, 1.54) is 18.0 Å². The van der Waals surface area contributed by atoms with Gasteiger partial charge in [-0.05, 0) is 30.5 Å². The van der Waals surface area contributed by atoms with Gasteiger partial charge < -0.3 is 25.7 Å². The lowest BCUT2D eigenvalue weighted by Gasteiger charge is -2.24. The number of benzene rings is 1. The van der Waals surface area contributed by atoms with Crippen LogP contribution in [-0.4, -0.2) is 46.2 Å². The van der Waals surface area contributed by atoms with Crippen LogP contribution in [0.15, 0.2) is 36.1 Å². The molecule has 2 amide bonds. The number of carbonyl (C=O) groups is 2. The van der Waals surface area contributed by atoms with Crippen molar-refractivity contribution in [1.82, 2.24) is 10.2 Å². The molecular formula is C17H19N3O4. The van der Waals surface area contributed by atoms with Gasteiger partial charge in [-0.25, -0.2) is 0 Å². The topological polar surface area (TPSA) is 102 Å². The Morgan fingerprint density at radius 2 is 2.21 bits per heavy atom. The quantitative estimate of drug-likeness (QED) is 0.476. The van der Waals surface area contributed by atoms with Crippen LogP contribution in [0.4, 0.5) is 5.69 Å². The molecule has 7 nitrogen and oxygen atoms in total. The van der Waals surface area contributed by atoms with Crippen LogP contribution in [0.2, 0.25) is 0 Å². The van der Waals surface area contributed by atoms with E-state index >= 15 is 0 Å². The zero-order chi connectivity index (χ0) is 17.4. The molecule has 1 aromatic carbocycles. The average molecular weight is 329 g/mol. The van der Waals surface area contributed by atoms with Gasteiger partial charge in [0.05, 0.1) is 17.3 Å².